The number of esters is 1. The van der Waals surface area contributed by atoms with Gasteiger partial charge >= 0.3 is 5.97 Å². The maximum absolute atomic E-state index is 12.5. The van der Waals surface area contributed by atoms with E-state index < -0.39 is 12.1 Å². The van der Waals surface area contributed by atoms with Crippen molar-refractivity contribution in [2.24, 2.45) is 0 Å². The van der Waals surface area contributed by atoms with Gasteiger partial charge in [-0.1, -0.05) is 308 Å². The molecule has 0 aromatic rings. The van der Waals surface area contributed by atoms with Gasteiger partial charge in [0, 0.05) is 12.8 Å². The van der Waals surface area contributed by atoms with E-state index in [9.17, 15) is 19.8 Å². The van der Waals surface area contributed by atoms with E-state index in [1.165, 1.54) is 295 Å². The molecule has 6 heteroatoms. The zero-order valence-electron chi connectivity index (χ0n) is 50.1. The van der Waals surface area contributed by atoms with Crippen molar-refractivity contribution in [2.45, 2.75) is 386 Å². The van der Waals surface area contributed by atoms with E-state index >= 15 is 0 Å². The molecule has 1 amide bonds. The van der Waals surface area contributed by atoms with Gasteiger partial charge in [0.25, 0.3) is 0 Å². The number of ether oxygens (including phenoxy) is 1. The van der Waals surface area contributed by atoms with Gasteiger partial charge in [-0.2, -0.15) is 0 Å². The van der Waals surface area contributed by atoms with Crippen molar-refractivity contribution in [2.75, 3.05) is 13.2 Å². The van der Waals surface area contributed by atoms with Gasteiger partial charge in [-0.15, -0.1) is 0 Å². The van der Waals surface area contributed by atoms with Crippen LogP contribution in [-0.4, -0.2) is 47.4 Å². The Morgan fingerprint density at radius 3 is 0.959 bits per heavy atom. The van der Waals surface area contributed by atoms with Crippen molar-refractivity contribution in [3.8, 4) is 0 Å². The highest BCUT2D eigenvalue weighted by molar-refractivity contribution is 5.76. The van der Waals surface area contributed by atoms with Crippen molar-refractivity contribution in [1.29, 1.82) is 0 Å². The molecular formula is C68H131NO5. The number of carbonyl (C=O) groups excluding carboxylic acids is 2. The minimum atomic E-state index is -0.672. The summed E-state index contributed by atoms with van der Waals surface area (Å²) in [6.45, 7) is 4.96. The first kappa shape index (κ1) is 72.3. The van der Waals surface area contributed by atoms with E-state index in [0.29, 0.717) is 25.9 Å². The molecule has 0 aromatic carbocycles. The van der Waals surface area contributed by atoms with Crippen LogP contribution in [0.5, 0.6) is 0 Å². The molecular weight excluding hydrogens is 911 g/mol. The van der Waals surface area contributed by atoms with Gasteiger partial charge in [-0.3, -0.25) is 9.59 Å². The number of rotatable bonds is 63. The average Bonchev–Trinajstić information content (AvgIpc) is 3.40. The van der Waals surface area contributed by atoms with Gasteiger partial charge in [0.2, 0.25) is 5.91 Å². The van der Waals surface area contributed by atoms with Gasteiger partial charge in [0.1, 0.15) is 0 Å². The maximum Gasteiger partial charge on any atom is 0.305 e. The van der Waals surface area contributed by atoms with Crippen molar-refractivity contribution in [1.82, 2.24) is 5.32 Å². The normalized spacial score (nSPS) is 12.6. The first-order valence-corrected chi connectivity index (χ1v) is 33.6. The Bertz CT molecular complexity index is 1150. The summed E-state index contributed by atoms with van der Waals surface area (Å²) >= 11 is 0. The Kier molecular flexibility index (Phi) is 62.4. The van der Waals surface area contributed by atoms with Gasteiger partial charge in [0.05, 0.1) is 25.4 Å². The Hall–Kier alpha value is -1.66. The average molecular weight is 1040 g/mol. The molecule has 0 bridgehead atoms. The number of nitrogens with one attached hydrogen (secondary N) is 1. The van der Waals surface area contributed by atoms with Crippen LogP contribution in [0.1, 0.15) is 373 Å². The van der Waals surface area contributed by atoms with E-state index in [1.54, 1.807) is 0 Å². The number of allylic oxidation sites excluding steroid dienone is 4. The molecule has 3 N–H and O–H groups in total. The van der Waals surface area contributed by atoms with E-state index in [2.05, 4.69) is 43.5 Å². The van der Waals surface area contributed by atoms with Gasteiger partial charge in [0.15, 0.2) is 0 Å². The molecule has 0 heterocycles. The van der Waals surface area contributed by atoms with E-state index in [1.807, 2.05) is 0 Å². The molecule has 0 saturated carbocycles. The molecule has 0 radical (unpaired) electrons. The molecule has 0 aromatic heterocycles. The lowest BCUT2D eigenvalue weighted by Gasteiger charge is -2.22. The highest BCUT2D eigenvalue weighted by Crippen LogP contribution is 2.18. The summed E-state index contributed by atoms with van der Waals surface area (Å²) in [6.07, 6.45) is 79.1. The molecule has 0 spiro atoms. The van der Waals surface area contributed by atoms with E-state index in [-0.39, 0.29) is 18.5 Å². The second kappa shape index (κ2) is 63.9. The SMILES string of the molecule is CCCCCCCC/C=C\CCCCCCCC(=O)OCCCCCCCCCC/C=C\CCCCCCCCCC(=O)NC(CO)C(O)CCCCCCCCCCCCCCCCCCCCCCCCC. The third kappa shape index (κ3) is 59.6. The zero-order valence-corrected chi connectivity index (χ0v) is 50.1. The van der Waals surface area contributed by atoms with Crippen LogP contribution in [0.25, 0.3) is 0 Å². The lowest BCUT2D eigenvalue weighted by molar-refractivity contribution is -0.143. The summed E-state index contributed by atoms with van der Waals surface area (Å²) in [5, 5.41) is 23.4. The van der Waals surface area contributed by atoms with Crippen molar-refractivity contribution >= 4 is 11.9 Å². The molecule has 2 atom stereocenters. The predicted molar refractivity (Wildman–Crippen MR) is 324 cm³/mol. The van der Waals surface area contributed by atoms with E-state index in [0.717, 1.165) is 44.9 Å². The lowest BCUT2D eigenvalue weighted by Crippen LogP contribution is -2.45. The summed E-state index contributed by atoms with van der Waals surface area (Å²) < 4.78 is 5.48. The fraction of sp³-hybridized carbons (Fsp3) is 0.912. The zero-order chi connectivity index (χ0) is 53.6. The smallest absolute Gasteiger partial charge is 0.305 e. The Morgan fingerprint density at radius 2 is 0.635 bits per heavy atom. The first-order chi connectivity index (χ1) is 36.5. The molecule has 6 nitrogen and oxygen atoms in total. The van der Waals surface area contributed by atoms with E-state index in [4.69, 9.17) is 4.74 Å². The van der Waals surface area contributed by atoms with Gasteiger partial charge in [-0.05, 0) is 77.0 Å². The number of unbranched alkanes of at least 4 members (excludes halogenated alkanes) is 48. The summed E-state index contributed by atoms with van der Waals surface area (Å²) in [7, 11) is 0. The monoisotopic (exact) mass is 1040 g/mol. The molecule has 0 fully saturated rings. The lowest BCUT2D eigenvalue weighted by atomic mass is 10.0. The minimum absolute atomic E-state index is 0.00305. The van der Waals surface area contributed by atoms with Crippen LogP contribution in [0.2, 0.25) is 0 Å². The van der Waals surface area contributed by atoms with Crippen LogP contribution in [-0.2, 0) is 14.3 Å². The molecule has 0 rings (SSSR count). The Balaban J connectivity index is 3.43. The number of carbonyl (C=O) groups is 2. The largest absolute Gasteiger partial charge is 0.466 e. The van der Waals surface area contributed by atoms with Crippen molar-refractivity contribution in [3.05, 3.63) is 24.3 Å². The number of aliphatic hydroxyl groups excluding tert-OH is 2. The predicted octanol–water partition coefficient (Wildman–Crippen LogP) is 21.4. The van der Waals surface area contributed by atoms with Crippen LogP contribution < -0.4 is 5.32 Å². The fourth-order valence-electron chi connectivity index (χ4n) is 10.6. The number of aliphatic hydroxyl groups is 2. The van der Waals surface area contributed by atoms with Crippen LogP contribution >= 0.6 is 0 Å². The summed E-state index contributed by atoms with van der Waals surface area (Å²) in [6, 6.07) is -0.550. The van der Waals surface area contributed by atoms with Crippen LogP contribution in [0.15, 0.2) is 24.3 Å². The number of hydrogen-bond acceptors (Lipinski definition) is 5. The standard InChI is InChI=1S/C68H131NO5/c1-3-5-7-9-11-13-15-17-19-20-21-22-23-24-26-29-33-36-40-44-48-52-56-60-66(71)65(64-70)69-67(72)61-57-53-49-45-41-37-34-30-27-25-28-31-35-39-43-47-51-55-59-63-74-68(73)62-58-54-50-46-42-38-32-18-16-14-12-10-8-6-4-2/h18,25,27,32,65-66,70-71H,3-17,19-24,26,28-31,33-64H2,1-2H3,(H,69,72)/b27-25-,32-18-. The van der Waals surface area contributed by atoms with Crippen molar-refractivity contribution in [3.63, 3.8) is 0 Å². The van der Waals surface area contributed by atoms with Gasteiger partial charge < -0.3 is 20.3 Å². The maximum atomic E-state index is 12.5. The van der Waals surface area contributed by atoms with Crippen LogP contribution in [0.4, 0.5) is 0 Å². The number of amides is 1. The topological polar surface area (TPSA) is 95.9 Å². The second-order valence-corrected chi connectivity index (χ2v) is 23.1. The highest BCUT2D eigenvalue weighted by atomic mass is 16.5. The first-order valence-electron chi connectivity index (χ1n) is 33.6. The molecule has 0 aliphatic rings. The Morgan fingerprint density at radius 1 is 0.365 bits per heavy atom. The number of hydrogen-bond donors (Lipinski definition) is 3. The minimum Gasteiger partial charge on any atom is -0.466 e. The molecule has 0 aliphatic heterocycles. The molecule has 74 heavy (non-hydrogen) atoms. The molecule has 0 aliphatic carbocycles. The molecule has 0 saturated heterocycles. The van der Waals surface area contributed by atoms with Crippen LogP contribution in [0, 0.1) is 0 Å². The Labute approximate surface area is 462 Å². The second-order valence-electron chi connectivity index (χ2n) is 23.1. The molecule has 438 valence electrons. The quantitative estimate of drug-likeness (QED) is 0.0320. The third-order valence-electron chi connectivity index (χ3n) is 15.7. The fourth-order valence-corrected chi connectivity index (χ4v) is 10.6. The summed E-state index contributed by atoms with van der Waals surface area (Å²) in [5.74, 6) is -0.0438. The third-order valence-corrected chi connectivity index (χ3v) is 15.7. The summed E-state index contributed by atoms with van der Waals surface area (Å²) in [5.41, 5.74) is 0. The summed E-state index contributed by atoms with van der Waals surface area (Å²) in [4.78, 5) is 24.6. The van der Waals surface area contributed by atoms with Crippen molar-refractivity contribution < 1.29 is 24.5 Å². The van der Waals surface area contributed by atoms with Gasteiger partial charge in [-0.25, -0.2) is 0 Å². The molecule has 2 unspecified atom stereocenters. The highest BCUT2D eigenvalue weighted by Gasteiger charge is 2.20. The van der Waals surface area contributed by atoms with Crippen LogP contribution in [0.3, 0.4) is 0 Å².